The van der Waals surface area contributed by atoms with E-state index in [2.05, 4.69) is 59.4 Å². The van der Waals surface area contributed by atoms with E-state index in [9.17, 15) is 0 Å². The maximum atomic E-state index is 4.88. The summed E-state index contributed by atoms with van der Waals surface area (Å²) in [5, 5.41) is 2.61. The van der Waals surface area contributed by atoms with E-state index in [0.29, 0.717) is 0 Å². The Hall–Kier alpha value is -2.68. The van der Waals surface area contributed by atoms with Crippen LogP contribution in [0.25, 0.3) is 10.8 Å². The number of amidine groups is 1. The molecule has 3 aromatic rings. The second-order valence-electron chi connectivity index (χ2n) is 5.91. The second kappa shape index (κ2) is 5.84. The Morgan fingerprint density at radius 1 is 1.04 bits per heavy atom. The van der Waals surface area contributed by atoms with Gasteiger partial charge < -0.3 is 4.90 Å². The van der Waals surface area contributed by atoms with Crippen LogP contribution in [0.1, 0.15) is 17.5 Å². The summed E-state index contributed by atoms with van der Waals surface area (Å²) in [6.07, 6.45) is 5.81. The summed E-state index contributed by atoms with van der Waals surface area (Å²) in [5.74, 6) is 1.09. The fourth-order valence-corrected chi connectivity index (χ4v) is 3.29. The topological polar surface area (TPSA) is 28.5 Å². The molecule has 0 amide bonds. The zero-order valence-electron chi connectivity index (χ0n) is 13.2. The van der Waals surface area contributed by atoms with Crippen molar-refractivity contribution in [3.63, 3.8) is 0 Å². The summed E-state index contributed by atoms with van der Waals surface area (Å²) in [6, 6.07) is 17.0. The van der Waals surface area contributed by atoms with Gasteiger partial charge in [-0.2, -0.15) is 0 Å². The fraction of sp³-hybridized carbons (Fsp3) is 0.200. The van der Waals surface area contributed by atoms with Crippen molar-refractivity contribution < 1.29 is 0 Å². The van der Waals surface area contributed by atoms with Crippen LogP contribution in [-0.2, 0) is 6.42 Å². The Labute approximate surface area is 136 Å². The molecular formula is C20H19N3. The first-order valence-corrected chi connectivity index (χ1v) is 8.04. The molecule has 0 fully saturated rings. The highest BCUT2D eigenvalue weighted by molar-refractivity contribution is 6.26. The lowest BCUT2D eigenvalue weighted by Crippen LogP contribution is -2.22. The van der Waals surface area contributed by atoms with Crippen LogP contribution < -0.4 is 4.90 Å². The molecule has 3 heteroatoms. The molecule has 23 heavy (non-hydrogen) atoms. The van der Waals surface area contributed by atoms with Gasteiger partial charge in [0.25, 0.3) is 0 Å². The van der Waals surface area contributed by atoms with Crippen LogP contribution in [0, 0.1) is 0 Å². The second-order valence-corrected chi connectivity index (χ2v) is 5.91. The lowest BCUT2D eigenvalue weighted by molar-refractivity contribution is 0.828. The van der Waals surface area contributed by atoms with Crippen molar-refractivity contribution in [3.05, 3.63) is 72.1 Å². The number of hydrogen-bond acceptors (Lipinski definition) is 2. The number of benzene rings is 2. The largest absolute Gasteiger partial charge is 0.329 e. The first-order chi connectivity index (χ1) is 11.3. The van der Waals surface area contributed by atoms with Crippen LogP contribution in [0.4, 0.5) is 5.69 Å². The molecule has 0 atom stereocenters. The van der Waals surface area contributed by atoms with E-state index in [1.807, 2.05) is 18.5 Å². The number of rotatable bonds is 4. The third kappa shape index (κ3) is 2.48. The Bertz CT molecular complexity index is 863. The van der Waals surface area contributed by atoms with E-state index in [0.717, 1.165) is 25.2 Å². The number of aryl methyl sites for hydroxylation is 1. The summed E-state index contributed by atoms with van der Waals surface area (Å²) in [4.78, 5) is 11.3. The van der Waals surface area contributed by atoms with Gasteiger partial charge in [0.2, 0.25) is 0 Å². The number of hydrogen-bond donors (Lipinski definition) is 0. The van der Waals surface area contributed by atoms with Crippen molar-refractivity contribution in [2.75, 3.05) is 18.5 Å². The minimum atomic E-state index is 0.832. The van der Waals surface area contributed by atoms with Crippen molar-refractivity contribution in [1.29, 1.82) is 0 Å². The van der Waals surface area contributed by atoms with E-state index < -0.39 is 0 Å². The lowest BCUT2D eigenvalue weighted by atomic mass is 10.1. The third-order valence-corrected chi connectivity index (χ3v) is 4.41. The molecule has 1 aliphatic heterocycles. The molecule has 0 aliphatic carbocycles. The van der Waals surface area contributed by atoms with Crippen LogP contribution in [0.5, 0.6) is 0 Å². The van der Waals surface area contributed by atoms with Crippen molar-refractivity contribution in [3.8, 4) is 0 Å². The lowest BCUT2D eigenvalue weighted by Gasteiger charge is -2.14. The molecule has 1 aliphatic rings. The minimum absolute atomic E-state index is 0.832. The van der Waals surface area contributed by atoms with E-state index in [-0.39, 0.29) is 0 Å². The average molecular weight is 301 g/mol. The van der Waals surface area contributed by atoms with Gasteiger partial charge >= 0.3 is 0 Å². The summed E-state index contributed by atoms with van der Waals surface area (Å²) in [5.41, 5.74) is 3.78. The van der Waals surface area contributed by atoms with Crippen molar-refractivity contribution in [2.24, 2.45) is 4.99 Å². The highest BCUT2D eigenvalue weighted by Crippen LogP contribution is 2.36. The summed E-state index contributed by atoms with van der Waals surface area (Å²) >= 11 is 0. The first kappa shape index (κ1) is 13.9. The van der Waals surface area contributed by atoms with Crippen molar-refractivity contribution in [2.45, 2.75) is 12.8 Å². The van der Waals surface area contributed by atoms with E-state index in [4.69, 9.17) is 4.99 Å². The molecular weight excluding hydrogens is 282 g/mol. The summed E-state index contributed by atoms with van der Waals surface area (Å²) in [6.45, 7) is 0.832. The SMILES string of the molecule is CN1/C(=N/CCCc2cccnc2)c2cccc3cccc1c23. The standard InChI is InChI=1S/C20H19N3/c1-23-18-11-3-9-16-8-2-10-17(19(16)18)20(23)22-13-5-7-15-6-4-12-21-14-15/h2-4,6,8-12,14H,5,7,13H2,1H3/b22-20+. The van der Waals surface area contributed by atoms with Crippen LogP contribution in [0.2, 0.25) is 0 Å². The smallest absolute Gasteiger partial charge is 0.135 e. The van der Waals surface area contributed by atoms with Crippen LogP contribution in [0.3, 0.4) is 0 Å². The molecule has 0 N–H and O–H groups in total. The molecule has 0 unspecified atom stereocenters. The van der Waals surface area contributed by atoms with Gasteiger partial charge in [0.15, 0.2) is 0 Å². The van der Waals surface area contributed by atoms with Crippen molar-refractivity contribution in [1.82, 2.24) is 4.98 Å². The van der Waals surface area contributed by atoms with E-state index in [1.165, 1.54) is 27.6 Å². The molecule has 4 rings (SSSR count). The van der Waals surface area contributed by atoms with Crippen LogP contribution in [-0.4, -0.2) is 24.4 Å². The molecule has 114 valence electrons. The van der Waals surface area contributed by atoms with Crippen LogP contribution in [0.15, 0.2) is 65.9 Å². The number of aliphatic imine (C=N–C) groups is 1. The van der Waals surface area contributed by atoms with Gasteiger partial charge in [-0.15, -0.1) is 0 Å². The van der Waals surface area contributed by atoms with Gasteiger partial charge in [-0.3, -0.25) is 9.98 Å². The highest BCUT2D eigenvalue weighted by Gasteiger charge is 2.24. The fourth-order valence-electron chi connectivity index (χ4n) is 3.29. The Morgan fingerprint density at radius 3 is 2.74 bits per heavy atom. The van der Waals surface area contributed by atoms with Gasteiger partial charge in [0, 0.05) is 36.9 Å². The predicted molar refractivity (Wildman–Crippen MR) is 96.3 cm³/mol. The Balaban J connectivity index is 1.55. The molecule has 3 nitrogen and oxygen atoms in total. The first-order valence-electron chi connectivity index (χ1n) is 8.04. The normalized spacial score (nSPS) is 14.8. The zero-order valence-corrected chi connectivity index (χ0v) is 13.2. The van der Waals surface area contributed by atoms with Crippen LogP contribution >= 0.6 is 0 Å². The highest BCUT2D eigenvalue weighted by atomic mass is 15.2. The minimum Gasteiger partial charge on any atom is -0.329 e. The maximum Gasteiger partial charge on any atom is 0.135 e. The molecule has 0 saturated carbocycles. The van der Waals surface area contributed by atoms with Gasteiger partial charge in [-0.1, -0.05) is 36.4 Å². The number of pyridine rings is 1. The Morgan fingerprint density at radius 2 is 1.91 bits per heavy atom. The monoisotopic (exact) mass is 301 g/mol. The Kier molecular flexibility index (Phi) is 3.54. The average Bonchev–Trinajstić information content (AvgIpc) is 2.87. The molecule has 1 aromatic heterocycles. The van der Waals surface area contributed by atoms with E-state index >= 15 is 0 Å². The quantitative estimate of drug-likeness (QED) is 0.680. The number of nitrogens with zero attached hydrogens (tertiary/aromatic N) is 3. The summed E-state index contributed by atoms with van der Waals surface area (Å²) < 4.78 is 0. The van der Waals surface area contributed by atoms with Crippen molar-refractivity contribution >= 4 is 22.3 Å². The molecule has 0 bridgehead atoms. The molecule has 0 saturated heterocycles. The van der Waals surface area contributed by atoms with Gasteiger partial charge in [0.1, 0.15) is 5.84 Å². The molecule has 0 radical (unpaired) electrons. The molecule has 2 aromatic carbocycles. The van der Waals surface area contributed by atoms with E-state index in [1.54, 1.807) is 0 Å². The predicted octanol–water partition coefficient (Wildman–Crippen LogP) is 4.06. The van der Waals surface area contributed by atoms with Gasteiger partial charge in [0.05, 0.1) is 5.69 Å². The molecule has 0 spiro atoms. The summed E-state index contributed by atoms with van der Waals surface area (Å²) in [7, 11) is 2.11. The van der Waals surface area contributed by atoms with Gasteiger partial charge in [-0.25, -0.2) is 0 Å². The molecule has 2 heterocycles. The maximum absolute atomic E-state index is 4.88. The zero-order chi connectivity index (χ0) is 15.6. The number of anilines is 1. The third-order valence-electron chi connectivity index (χ3n) is 4.41. The van der Waals surface area contributed by atoms with Gasteiger partial charge in [-0.05, 0) is 35.9 Å². The number of aromatic nitrogens is 1.